The van der Waals surface area contributed by atoms with Crippen LogP contribution < -0.4 is 9.46 Å². The van der Waals surface area contributed by atoms with E-state index in [1.807, 2.05) is 0 Å². The highest BCUT2D eigenvalue weighted by Gasteiger charge is 2.24. The van der Waals surface area contributed by atoms with Crippen LogP contribution in [0, 0.1) is 17.2 Å². The van der Waals surface area contributed by atoms with Crippen molar-refractivity contribution in [2.75, 3.05) is 24.9 Å². The van der Waals surface area contributed by atoms with Gasteiger partial charge in [0.1, 0.15) is 5.75 Å². The monoisotopic (exact) mass is 477 g/mol. The lowest BCUT2D eigenvalue weighted by atomic mass is 9.98. The molecule has 1 N–H and O–H groups in total. The van der Waals surface area contributed by atoms with Gasteiger partial charge in [-0.15, -0.1) is 0 Å². The molecule has 3 rings (SSSR count). The van der Waals surface area contributed by atoms with Crippen molar-refractivity contribution in [2.45, 2.75) is 17.7 Å². The van der Waals surface area contributed by atoms with E-state index < -0.39 is 10.0 Å². The van der Waals surface area contributed by atoms with Gasteiger partial charge in [-0.25, -0.2) is 8.42 Å². The number of anilines is 1. The number of nitriles is 1. The smallest absolute Gasteiger partial charge is 0.261 e. The minimum Gasteiger partial charge on any atom is -0.496 e. The number of piperidine rings is 1. The van der Waals surface area contributed by atoms with Crippen molar-refractivity contribution in [3.8, 4) is 11.8 Å². The molecule has 0 atom stereocenters. The van der Waals surface area contributed by atoms with Gasteiger partial charge in [-0.05, 0) is 65.2 Å². The first-order valence-electron chi connectivity index (χ1n) is 8.99. The third-order valence-corrected chi connectivity index (χ3v) is 6.76. The molecule has 1 aliphatic heterocycles. The van der Waals surface area contributed by atoms with Crippen molar-refractivity contribution < 1.29 is 17.9 Å². The molecule has 29 heavy (non-hydrogen) atoms. The van der Waals surface area contributed by atoms with Gasteiger partial charge in [0.05, 0.1) is 28.2 Å². The van der Waals surface area contributed by atoms with Crippen LogP contribution in [0.4, 0.5) is 5.69 Å². The van der Waals surface area contributed by atoms with E-state index in [1.165, 1.54) is 19.2 Å². The number of amides is 1. The third-order valence-electron chi connectivity index (χ3n) is 4.76. The second-order valence-electron chi connectivity index (χ2n) is 6.68. The van der Waals surface area contributed by atoms with E-state index >= 15 is 0 Å². The van der Waals surface area contributed by atoms with E-state index in [2.05, 4.69) is 26.7 Å². The summed E-state index contributed by atoms with van der Waals surface area (Å²) >= 11 is 3.33. The minimum atomic E-state index is -3.87. The Morgan fingerprint density at radius 3 is 2.59 bits per heavy atom. The van der Waals surface area contributed by atoms with Crippen LogP contribution in [0.2, 0.25) is 0 Å². The molecule has 0 radical (unpaired) electrons. The summed E-state index contributed by atoms with van der Waals surface area (Å²) in [5.74, 6) is 0.324. The van der Waals surface area contributed by atoms with Crippen molar-refractivity contribution in [1.82, 2.24) is 4.90 Å². The van der Waals surface area contributed by atoms with Crippen LogP contribution in [0.15, 0.2) is 51.8 Å². The van der Waals surface area contributed by atoms with Crippen LogP contribution in [0.25, 0.3) is 0 Å². The van der Waals surface area contributed by atoms with Crippen LogP contribution in [0.1, 0.15) is 23.2 Å². The van der Waals surface area contributed by atoms with Gasteiger partial charge < -0.3 is 9.64 Å². The van der Waals surface area contributed by atoms with Gasteiger partial charge in [0.15, 0.2) is 0 Å². The molecule has 0 saturated carbocycles. The highest BCUT2D eigenvalue weighted by Crippen LogP contribution is 2.29. The van der Waals surface area contributed by atoms with Crippen molar-refractivity contribution in [1.29, 1.82) is 5.26 Å². The van der Waals surface area contributed by atoms with Crippen LogP contribution in [-0.4, -0.2) is 39.4 Å². The Morgan fingerprint density at radius 1 is 1.24 bits per heavy atom. The summed E-state index contributed by atoms with van der Waals surface area (Å²) < 4.78 is 33.8. The van der Waals surface area contributed by atoms with E-state index in [0.717, 1.165) is 0 Å². The average Bonchev–Trinajstić information content (AvgIpc) is 2.73. The fourth-order valence-electron chi connectivity index (χ4n) is 3.13. The predicted molar refractivity (Wildman–Crippen MR) is 112 cm³/mol. The standard InChI is InChI=1S/C20H20BrN3O4S/c1-28-19-6-5-16(12-18(19)21)23-29(26,27)17-4-2-3-15(11-17)20(25)24-9-7-14(13-22)8-10-24/h2-6,11-12,14,23H,7-10H2,1H3. The normalized spacial score (nSPS) is 14.9. The second-order valence-corrected chi connectivity index (χ2v) is 9.21. The molecule has 0 aromatic heterocycles. The van der Waals surface area contributed by atoms with Crippen LogP contribution in [-0.2, 0) is 10.0 Å². The number of carbonyl (C=O) groups excluding carboxylic acids is 1. The number of methoxy groups -OCH3 is 1. The fourth-order valence-corrected chi connectivity index (χ4v) is 4.77. The van der Waals surface area contributed by atoms with Crippen LogP contribution >= 0.6 is 15.9 Å². The summed E-state index contributed by atoms with van der Waals surface area (Å²) in [6, 6.07) is 13.0. The fraction of sp³-hybridized carbons (Fsp3) is 0.300. The van der Waals surface area contributed by atoms with Crippen molar-refractivity contribution in [3.63, 3.8) is 0 Å². The number of nitrogens with zero attached hydrogens (tertiary/aromatic N) is 2. The number of likely N-dealkylation sites (tertiary alicyclic amines) is 1. The maximum absolute atomic E-state index is 12.8. The van der Waals surface area contributed by atoms with Gasteiger partial charge >= 0.3 is 0 Å². The first kappa shape index (κ1) is 21.1. The molecule has 0 bridgehead atoms. The Morgan fingerprint density at radius 2 is 1.97 bits per heavy atom. The van der Waals surface area contributed by atoms with Gasteiger partial charge in [-0.1, -0.05) is 6.07 Å². The zero-order valence-electron chi connectivity index (χ0n) is 15.8. The number of benzene rings is 2. The lowest BCUT2D eigenvalue weighted by Gasteiger charge is -2.29. The summed E-state index contributed by atoms with van der Waals surface area (Å²) in [5, 5.41) is 8.99. The molecule has 1 amide bonds. The molecule has 0 aliphatic carbocycles. The summed E-state index contributed by atoms with van der Waals surface area (Å²) in [5.41, 5.74) is 0.673. The Kier molecular flexibility index (Phi) is 6.45. The quantitative estimate of drug-likeness (QED) is 0.708. The van der Waals surface area contributed by atoms with Crippen molar-refractivity contribution >= 4 is 37.5 Å². The second kappa shape index (κ2) is 8.84. The molecule has 1 heterocycles. The molecule has 2 aromatic rings. The Labute approximate surface area is 178 Å². The molecule has 0 unspecified atom stereocenters. The van der Waals surface area contributed by atoms with E-state index in [1.54, 1.807) is 35.2 Å². The van der Waals surface area contributed by atoms with Crippen LogP contribution in [0.5, 0.6) is 5.75 Å². The van der Waals surface area contributed by atoms with Gasteiger partial charge in [0.2, 0.25) is 0 Å². The van der Waals surface area contributed by atoms with Crippen LogP contribution in [0.3, 0.4) is 0 Å². The molecule has 1 fully saturated rings. The topological polar surface area (TPSA) is 99.5 Å². The third kappa shape index (κ3) is 4.89. The Balaban J connectivity index is 1.78. The molecule has 1 aliphatic rings. The molecular weight excluding hydrogens is 458 g/mol. The summed E-state index contributed by atoms with van der Waals surface area (Å²) in [7, 11) is -2.35. The summed E-state index contributed by atoms with van der Waals surface area (Å²) in [6.07, 6.45) is 1.27. The predicted octanol–water partition coefficient (Wildman–Crippen LogP) is 3.63. The van der Waals surface area contributed by atoms with E-state index in [-0.39, 0.29) is 16.7 Å². The zero-order chi connectivity index (χ0) is 21.0. The molecule has 152 valence electrons. The molecule has 1 saturated heterocycles. The number of hydrogen-bond donors (Lipinski definition) is 1. The highest BCUT2D eigenvalue weighted by atomic mass is 79.9. The first-order valence-corrected chi connectivity index (χ1v) is 11.3. The van der Waals surface area contributed by atoms with Gasteiger partial charge in [-0.2, -0.15) is 5.26 Å². The molecule has 7 nitrogen and oxygen atoms in total. The van der Waals surface area contributed by atoms with Gasteiger partial charge in [-0.3, -0.25) is 9.52 Å². The average molecular weight is 478 g/mol. The van der Waals surface area contributed by atoms with Gasteiger partial charge in [0, 0.05) is 24.6 Å². The zero-order valence-corrected chi connectivity index (χ0v) is 18.2. The number of hydrogen-bond acceptors (Lipinski definition) is 5. The molecule has 0 spiro atoms. The van der Waals surface area contributed by atoms with E-state index in [4.69, 9.17) is 10.00 Å². The van der Waals surface area contributed by atoms with E-state index in [9.17, 15) is 13.2 Å². The Bertz CT molecular complexity index is 1060. The maximum atomic E-state index is 12.8. The molecular formula is C20H20BrN3O4S. The van der Waals surface area contributed by atoms with Crippen molar-refractivity contribution in [3.05, 3.63) is 52.5 Å². The first-order chi connectivity index (χ1) is 13.8. The highest BCUT2D eigenvalue weighted by molar-refractivity contribution is 9.10. The maximum Gasteiger partial charge on any atom is 0.261 e. The number of carbonyl (C=O) groups is 1. The molecule has 9 heteroatoms. The number of rotatable bonds is 5. The number of nitrogens with one attached hydrogen (secondary N) is 1. The minimum absolute atomic E-state index is 0.00204. The number of halogens is 1. The number of sulfonamides is 1. The number of ether oxygens (including phenoxy) is 1. The molecule has 2 aromatic carbocycles. The summed E-state index contributed by atoms with van der Waals surface area (Å²) in [4.78, 5) is 14.4. The van der Waals surface area contributed by atoms with Gasteiger partial charge in [0.25, 0.3) is 15.9 Å². The van der Waals surface area contributed by atoms with E-state index in [0.29, 0.717) is 47.4 Å². The largest absolute Gasteiger partial charge is 0.496 e. The lowest BCUT2D eigenvalue weighted by Crippen LogP contribution is -2.38. The lowest BCUT2D eigenvalue weighted by molar-refractivity contribution is 0.0707. The summed E-state index contributed by atoms with van der Waals surface area (Å²) in [6.45, 7) is 0.984. The SMILES string of the molecule is COc1ccc(NS(=O)(=O)c2cccc(C(=O)N3CCC(C#N)CC3)c2)cc1Br. The van der Waals surface area contributed by atoms with Crippen molar-refractivity contribution in [2.24, 2.45) is 5.92 Å². The Hall–Kier alpha value is -2.57.